The number of rotatable bonds is 7. The van der Waals surface area contributed by atoms with E-state index in [4.69, 9.17) is 9.47 Å². The minimum Gasteiger partial charge on any atom is -0.497 e. The lowest BCUT2D eigenvalue weighted by Gasteiger charge is -2.35. The molecule has 0 spiro atoms. The van der Waals surface area contributed by atoms with E-state index in [0.29, 0.717) is 39.1 Å². The van der Waals surface area contributed by atoms with Gasteiger partial charge in [0.05, 0.1) is 38.7 Å². The molecule has 182 valence electrons. The van der Waals surface area contributed by atoms with Crippen LogP contribution < -0.4 is 4.74 Å². The van der Waals surface area contributed by atoms with Crippen LogP contribution in [0, 0.1) is 5.92 Å². The molecule has 9 heteroatoms. The smallest absolute Gasteiger partial charge is 0.222 e. The number of fused-ring (bicyclic) bond motifs is 2. The maximum Gasteiger partial charge on any atom is 0.222 e. The number of amides is 1. The molecule has 2 heterocycles. The van der Waals surface area contributed by atoms with Crippen molar-refractivity contribution in [2.45, 2.75) is 58.5 Å². The second-order valence-electron chi connectivity index (χ2n) is 9.03. The van der Waals surface area contributed by atoms with Crippen LogP contribution in [0.1, 0.15) is 37.9 Å². The van der Waals surface area contributed by atoms with Gasteiger partial charge in [0, 0.05) is 38.5 Å². The van der Waals surface area contributed by atoms with E-state index in [1.54, 1.807) is 16.7 Å². The van der Waals surface area contributed by atoms with Crippen molar-refractivity contribution in [3.8, 4) is 5.75 Å². The number of benzene rings is 1. The fraction of sp³-hybridized carbons (Fsp3) is 0.625. The number of hydrogen-bond acceptors (Lipinski definition) is 7. The first kappa shape index (κ1) is 25.1. The summed E-state index contributed by atoms with van der Waals surface area (Å²) in [7, 11) is 3.73. The molecule has 1 aromatic carbocycles. The molecule has 1 N–H and O–H groups in total. The van der Waals surface area contributed by atoms with Gasteiger partial charge in [-0.25, -0.2) is 0 Å². The third-order valence-electron chi connectivity index (χ3n) is 6.15. The van der Waals surface area contributed by atoms with Gasteiger partial charge in [-0.2, -0.15) is 0 Å². The van der Waals surface area contributed by atoms with E-state index in [9.17, 15) is 9.90 Å². The molecule has 33 heavy (non-hydrogen) atoms. The number of nitrogens with zero attached hydrogens (tertiary/aromatic N) is 5. The van der Waals surface area contributed by atoms with E-state index in [1.807, 2.05) is 25.3 Å². The number of hydrogen-bond donors (Lipinski definition) is 1. The molecule has 3 atom stereocenters. The topological polar surface area (TPSA) is 93.0 Å². The zero-order valence-electron chi connectivity index (χ0n) is 20.2. The minimum absolute atomic E-state index is 0.0494. The highest BCUT2D eigenvalue weighted by Crippen LogP contribution is 2.19. The fourth-order valence-corrected chi connectivity index (χ4v) is 4.11. The molecule has 0 aliphatic carbocycles. The predicted octanol–water partition coefficient (Wildman–Crippen LogP) is 1.94. The maximum absolute atomic E-state index is 13.0. The summed E-state index contributed by atoms with van der Waals surface area (Å²) in [6.07, 6.45) is 2.86. The lowest BCUT2D eigenvalue weighted by atomic mass is 10.0. The number of carbonyl (C=O) groups excluding carboxylic acids is 1. The molecule has 3 rings (SSSR count). The molecule has 1 aliphatic heterocycles. The van der Waals surface area contributed by atoms with Crippen molar-refractivity contribution in [1.82, 2.24) is 24.8 Å². The summed E-state index contributed by atoms with van der Waals surface area (Å²) >= 11 is 0. The van der Waals surface area contributed by atoms with E-state index in [1.165, 1.54) is 5.56 Å². The zero-order valence-corrected chi connectivity index (χ0v) is 20.2. The molecule has 1 amide bonds. The molecular weight excluding hydrogens is 422 g/mol. The standard InChI is InChI=1S/C24H37N5O4/c1-18-12-29(19(2)16-30)24(31)6-5-11-28-14-21(25-26-28)17-33-23(18)15-27(3)13-20-7-9-22(32-4)10-8-20/h7-10,14,18-19,23,30H,5-6,11-13,15-17H2,1-4H3/t18-,19+,23+/m1/s1. The van der Waals surface area contributed by atoms with Crippen LogP contribution in [0.15, 0.2) is 30.5 Å². The number of likely N-dealkylation sites (N-methyl/N-ethyl adjacent to an activating group) is 1. The molecular formula is C24H37N5O4. The number of aryl methyl sites for hydroxylation is 1. The molecule has 0 radical (unpaired) electrons. The van der Waals surface area contributed by atoms with Gasteiger partial charge in [-0.05, 0) is 38.1 Å². The first-order valence-corrected chi connectivity index (χ1v) is 11.6. The van der Waals surface area contributed by atoms with Crippen LogP contribution in [0.2, 0.25) is 0 Å². The highest BCUT2D eigenvalue weighted by atomic mass is 16.5. The number of carbonyl (C=O) groups is 1. The fourth-order valence-electron chi connectivity index (χ4n) is 4.11. The molecule has 1 aromatic heterocycles. The summed E-state index contributed by atoms with van der Waals surface area (Å²) in [6, 6.07) is 7.81. The first-order chi connectivity index (χ1) is 15.9. The molecule has 2 bridgehead atoms. The summed E-state index contributed by atoms with van der Waals surface area (Å²) in [5.41, 5.74) is 1.97. The Labute approximate surface area is 196 Å². The third kappa shape index (κ3) is 7.25. The van der Waals surface area contributed by atoms with Crippen LogP contribution in [-0.2, 0) is 29.2 Å². The average Bonchev–Trinajstić information content (AvgIpc) is 3.27. The molecule has 2 aromatic rings. The van der Waals surface area contributed by atoms with Gasteiger partial charge in [-0.3, -0.25) is 14.4 Å². The van der Waals surface area contributed by atoms with Crippen molar-refractivity contribution in [2.24, 2.45) is 5.92 Å². The Balaban J connectivity index is 1.74. The normalized spacial score (nSPS) is 21.3. The monoisotopic (exact) mass is 459 g/mol. The summed E-state index contributed by atoms with van der Waals surface area (Å²) in [4.78, 5) is 17.0. The SMILES string of the molecule is COc1ccc(CN(C)C[C@@H]2OCc3cn(nn3)CCCC(=O)N([C@@H](C)CO)C[C@H]2C)cc1. The lowest BCUT2D eigenvalue weighted by molar-refractivity contribution is -0.136. The zero-order chi connectivity index (χ0) is 23.8. The molecule has 0 saturated heterocycles. The predicted molar refractivity (Wildman–Crippen MR) is 125 cm³/mol. The molecule has 0 fully saturated rings. The Kier molecular flexibility index (Phi) is 9.22. The largest absolute Gasteiger partial charge is 0.497 e. The van der Waals surface area contributed by atoms with Gasteiger partial charge in [-0.1, -0.05) is 24.3 Å². The number of aliphatic hydroxyl groups excluding tert-OH is 1. The van der Waals surface area contributed by atoms with Crippen LogP contribution in [0.3, 0.4) is 0 Å². The van der Waals surface area contributed by atoms with Crippen LogP contribution in [-0.4, -0.2) is 81.8 Å². The third-order valence-corrected chi connectivity index (χ3v) is 6.15. The van der Waals surface area contributed by atoms with E-state index in [-0.39, 0.29) is 30.6 Å². The van der Waals surface area contributed by atoms with E-state index in [0.717, 1.165) is 18.0 Å². The van der Waals surface area contributed by atoms with Crippen molar-refractivity contribution in [3.05, 3.63) is 41.7 Å². The summed E-state index contributed by atoms with van der Waals surface area (Å²) < 4.78 is 13.3. The minimum atomic E-state index is -0.236. The Morgan fingerprint density at radius 1 is 1.33 bits per heavy atom. The second-order valence-corrected chi connectivity index (χ2v) is 9.03. The number of methoxy groups -OCH3 is 1. The van der Waals surface area contributed by atoms with Crippen molar-refractivity contribution < 1.29 is 19.4 Å². The van der Waals surface area contributed by atoms with Gasteiger partial charge in [0.1, 0.15) is 11.4 Å². The van der Waals surface area contributed by atoms with Crippen molar-refractivity contribution in [2.75, 3.05) is 33.9 Å². The van der Waals surface area contributed by atoms with E-state index in [2.05, 4.69) is 41.3 Å². The Hall–Kier alpha value is -2.49. The Bertz CT molecular complexity index is 872. The first-order valence-electron chi connectivity index (χ1n) is 11.6. The molecule has 9 nitrogen and oxygen atoms in total. The van der Waals surface area contributed by atoms with Gasteiger partial charge in [0.15, 0.2) is 0 Å². The average molecular weight is 460 g/mol. The van der Waals surface area contributed by atoms with Crippen molar-refractivity contribution in [1.29, 1.82) is 0 Å². The number of aromatic nitrogens is 3. The quantitative estimate of drug-likeness (QED) is 0.676. The Morgan fingerprint density at radius 3 is 2.79 bits per heavy atom. The highest BCUT2D eigenvalue weighted by Gasteiger charge is 2.28. The van der Waals surface area contributed by atoms with Gasteiger partial charge in [0.25, 0.3) is 0 Å². The van der Waals surface area contributed by atoms with Gasteiger partial charge in [-0.15, -0.1) is 5.10 Å². The van der Waals surface area contributed by atoms with Crippen LogP contribution in [0.5, 0.6) is 5.75 Å². The number of ether oxygens (including phenoxy) is 2. The van der Waals surface area contributed by atoms with E-state index >= 15 is 0 Å². The van der Waals surface area contributed by atoms with Crippen molar-refractivity contribution >= 4 is 5.91 Å². The van der Waals surface area contributed by atoms with Gasteiger partial charge < -0.3 is 19.5 Å². The second kappa shape index (κ2) is 12.1. The maximum atomic E-state index is 13.0. The summed E-state index contributed by atoms with van der Waals surface area (Å²) in [6.45, 7) is 6.92. The van der Waals surface area contributed by atoms with Gasteiger partial charge in [0.2, 0.25) is 5.91 Å². The molecule has 0 unspecified atom stereocenters. The van der Waals surface area contributed by atoms with Crippen LogP contribution >= 0.6 is 0 Å². The Morgan fingerprint density at radius 2 is 2.09 bits per heavy atom. The lowest BCUT2D eigenvalue weighted by Crippen LogP contribution is -2.47. The highest BCUT2D eigenvalue weighted by molar-refractivity contribution is 5.76. The molecule has 0 saturated carbocycles. The van der Waals surface area contributed by atoms with Crippen LogP contribution in [0.4, 0.5) is 0 Å². The van der Waals surface area contributed by atoms with Crippen molar-refractivity contribution in [3.63, 3.8) is 0 Å². The van der Waals surface area contributed by atoms with Crippen LogP contribution in [0.25, 0.3) is 0 Å². The van der Waals surface area contributed by atoms with E-state index < -0.39 is 0 Å². The summed E-state index contributed by atoms with van der Waals surface area (Å²) in [5, 5.41) is 18.1. The summed E-state index contributed by atoms with van der Waals surface area (Å²) in [5.74, 6) is 0.954. The number of aliphatic hydroxyl groups is 1. The molecule has 1 aliphatic rings. The van der Waals surface area contributed by atoms with Gasteiger partial charge >= 0.3 is 0 Å².